The van der Waals surface area contributed by atoms with E-state index in [4.69, 9.17) is 4.42 Å². The van der Waals surface area contributed by atoms with Gasteiger partial charge in [0.1, 0.15) is 11.5 Å². The molecule has 0 atom stereocenters. The molecule has 0 aliphatic rings. The second kappa shape index (κ2) is 5.55. The van der Waals surface area contributed by atoms with Crippen molar-refractivity contribution in [3.63, 3.8) is 0 Å². The lowest BCUT2D eigenvalue weighted by Gasteiger charge is -2.06. The van der Waals surface area contributed by atoms with Gasteiger partial charge in [0.15, 0.2) is 0 Å². The molecular weight excluding hydrogens is 248 g/mol. The third-order valence-corrected chi connectivity index (χ3v) is 2.72. The lowest BCUT2D eigenvalue weighted by molar-refractivity contribution is -0.384. The highest BCUT2D eigenvalue weighted by atomic mass is 16.6. The Labute approximate surface area is 110 Å². The van der Waals surface area contributed by atoms with Crippen LogP contribution in [0.5, 0.6) is 0 Å². The first-order valence-electron chi connectivity index (χ1n) is 6.11. The minimum atomic E-state index is -0.404. The molecule has 0 fully saturated rings. The molecule has 7 nitrogen and oxygen atoms in total. The van der Waals surface area contributed by atoms with E-state index >= 15 is 0 Å². The van der Waals surface area contributed by atoms with E-state index in [-0.39, 0.29) is 5.69 Å². The normalized spacial score (nSPS) is 10.6. The van der Waals surface area contributed by atoms with Gasteiger partial charge in [0.25, 0.3) is 0 Å². The smallest absolute Gasteiger partial charge is 0.333 e. The van der Waals surface area contributed by atoms with E-state index in [1.165, 1.54) is 0 Å². The molecule has 0 unspecified atom stereocenters. The van der Waals surface area contributed by atoms with Crippen molar-refractivity contribution in [2.24, 2.45) is 0 Å². The maximum Gasteiger partial charge on any atom is 0.333 e. The van der Waals surface area contributed by atoms with E-state index in [9.17, 15) is 10.1 Å². The zero-order valence-electron chi connectivity index (χ0n) is 10.9. The van der Waals surface area contributed by atoms with Gasteiger partial charge in [-0.15, -0.1) is 0 Å². The number of rotatable bonds is 6. The van der Waals surface area contributed by atoms with Crippen LogP contribution < -0.4 is 5.32 Å². The first-order chi connectivity index (χ1) is 9.13. The summed E-state index contributed by atoms with van der Waals surface area (Å²) in [6, 6.07) is 3.59. The Kier molecular flexibility index (Phi) is 3.84. The van der Waals surface area contributed by atoms with E-state index in [0.717, 1.165) is 12.2 Å². The number of nitrogens with zero attached hydrogens (tertiary/aromatic N) is 3. The van der Waals surface area contributed by atoms with E-state index in [1.54, 1.807) is 23.9 Å². The molecule has 0 saturated carbocycles. The summed E-state index contributed by atoms with van der Waals surface area (Å²) >= 11 is 0. The van der Waals surface area contributed by atoms with Crippen LogP contribution in [-0.2, 0) is 13.1 Å². The fraction of sp³-hybridized carbons (Fsp3) is 0.417. The van der Waals surface area contributed by atoms with Crippen molar-refractivity contribution in [2.75, 3.05) is 5.32 Å². The van der Waals surface area contributed by atoms with Gasteiger partial charge >= 0.3 is 5.69 Å². The molecule has 2 aromatic heterocycles. The summed E-state index contributed by atoms with van der Waals surface area (Å²) in [7, 11) is 0. The van der Waals surface area contributed by atoms with Crippen LogP contribution in [0.25, 0.3) is 0 Å². The fourth-order valence-corrected chi connectivity index (χ4v) is 1.92. The lowest BCUT2D eigenvalue weighted by atomic mass is 10.3. The molecule has 19 heavy (non-hydrogen) atoms. The molecule has 0 aliphatic carbocycles. The predicted molar refractivity (Wildman–Crippen MR) is 69.9 cm³/mol. The van der Waals surface area contributed by atoms with Crippen LogP contribution in [0.15, 0.2) is 22.8 Å². The topological polar surface area (TPSA) is 86.1 Å². The minimum absolute atomic E-state index is 0.0278. The standard InChI is InChI=1S/C12H16N4O3/c1-3-6-15-12(11(16(17)18)9(2)14-15)13-8-10-5-4-7-19-10/h4-5,7,13H,3,6,8H2,1-2H3. The van der Waals surface area contributed by atoms with Gasteiger partial charge in [-0.3, -0.25) is 10.1 Å². The van der Waals surface area contributed by atoms with E-state index in [0.29, 0.717) is 24.6 Å². The Bertz CT molecular complexity index is 560. The van der Waals surface area contributed by atoms with Gasteiger partial charge in [-0.2, -0.15) is 5.10 Å². The Balaban J connectivity index is 2.27. The molecular formula is C12H16N4O3. The molecule has 0 saturated heterocycles. The molecule has 7 heteroatoms. The van der Waals surface area contributed by atoms with Crippen molar-refractivity contribution in [1.82, 2.24) is 9.78 Å². The van der Waals surface area contributed by atoms with Gasteiger partial charge in [-0.25, -0.2) is 4.68 Å². The number of hydrogen-bond donors (Lipinski definition) is 1. The minimum Gasteiger partial charge on any atom is -0.467 e. The van der Waals surface area contributed by atoms with E-state index < -0.39 is 4.92 Å². The fourth-order valence-electron chi connectivity index (χ4n) is 1.92. The Morgan fingerprint density at radius 2 is 2.37 bits per heavy atom. The van der Waals surface area contributed by atoms with Crippen molar-refractivity contribution in [1.29, 1.82) is 0 Å². The third kappa shape index (κ3) is 2.75. The summed E-state index contributed by atoms with van der Waals surface area (Å²) in [4.78, 5) is 10.7. The third-order valence-electron chi connectivity index (χ3n) is 2.72. The average Bonchev–Trinajstić information content (AvgIpc) is 2.95. The van der Waals surface area contributed by atoms with Gasteiger partial charge < -0.3 is 9.73 Å². The van der Waals surface area contributed by atoms with Crippen molar-refractivity contribution >= 4 is 11.5 Å². The summed E-state index contributed by atoms with van der Waals surface area (Å²) in [5.41, 5.74) is 0.445. The maximum absolute atomic E-state index is 11.1. The van der Waals surface area contributed by atoms with Crippen molar-refractivity contribution in [2.45, 2.75) is 33.4 Å². The molecule has 0 spiro atoms. The number of aryl methyl sites for hydroxylation is 2. The monoisotopic (exact) mass is 264 g/mol. The number of nitro groups is 1. The molecule has 2 rings (SSSR count). The number of anilines is 1. The Hall–Kier alpha value is -2.31. The largest absolute Gasteiger partial charge is 0.467 e. The lowest BCUT2D eigenvalue weighted by Crippen LogP contribution is -2.08. The molecule has 0 amide bonds. The molecule has 0 radical (unpaired) electrons. The predicted octanol–water partition coefficient (Wildman–Crippen LogP) is 2.71. The van der Waals surface area contributed by atoms with E-state index in [1.807, 2.05) is 13.0 Å². The quantitative estimate of drug-likeness (QED) is 0.640. The molecule has 0 aromatic carbocycles. The summed E-state index contributed by atoms with van der Waals surface area (Å²) in [5, 5.41) is 18.3. The summed E-state index contributed by atoms with van der Waals surface area (Å²) in [5.74, 6) is 1.15. The highest BCUT2D eigenvalue weighted by Gasteiger charge is 2.24. The summed E-state index contributed by atoms with van der Waals surface area (Å²) < 4.78 is 6.84. The highest BCUT2D eigenvalue weighted by Crippen LogP contribution is 2.28. The van der Waals surface area contributed by atoms with Crippen molar-refractivity contribution in [3.8, 4) is 0 Å². The average molecular weight is 264 g/mol. The Morgan fingerprint density at radius 1 is 1.58 bits per heavy atom. The second-order valence-electron chi connectivity index (χ2n) is 4.20. The number of furan rings is 1. The van der Waals surface area contributed by atoms with Gasteiger partial charge in [-0.1, -0.05) is 6.92 Å². The van der Waals surface area contributed by atoms with Crippen LogP contribution in [0, 0.1) is 17.0 Å². The molecule has 0 aliphatic heterocycles. The maximum atomic E-state index is 11.1. The molecule has 1 N–H and O–H groups in total. The second-order valence-corrected chi connectivity index (χ2v) is 4.20. The van der Waals surface area contributed by atoms with Crippen molar-refractivity contribution < 1.29 is 9.34 Å². The van der Waals surface area contributed by atoms with E-state index in [2.05, 4.69) is 10.4 Å². The first-order valence-corrected chi connectivity index (χ1v) is 6.11. The first kappa shape index (κ1) is 13.1. The van der Waals surface area contributed by atoms with Gasteiger partial charge in [0.2, 0.25) is 5.82 Å². The van der Waals surface area contributed by atoms with Crippen LogP contribution >= 0.6 is 0 Å². The van der Waals surface area contributed by atoms with Crippen LogP contribution in [0.1, 0.15) is 24.8 Å². The van der Waals surface area contributed by atoms with Gasteiger partial charge in [0.05, 0.1) is 17.7 Å². The van der Waals surface area contributed by atoms with Crippen LogP contribution in [-0.4, -0.2) is 14.7 Å². The van der Waals surface area contributed by atoms with Crippen LogP contribution in [0.2, 0.25) is 0 Å². The van der Waals surface area contributed by atoms with Gasteiger partial charge in [0, 0.05) is 6.54 Å². The Morgan fingerprint density at radius 3 is 2.95 bits per heavy atom. The highest BCUT2D eigenvalue weighted by molar-refractivity contribution is 5.59. The molecule has 2 aromatic rings. The molecule has 0 bridgehead atoms. The molecule has 102 valence electrons. The van der Waals surface area contributed by atoms with Crippen molar-refractivity contribution in [3.05, 3.63) is 40.0 Å². The number of hydrogen-bond acceptors (Lipinski definition) is 5. The SMILES string of the molecule is CCCn1nc(C)c([N+](=O)[O-])c1NCc1ccco1. The van der Waals surface area contributed by atoms with Crippen LogP contribution in [0.3, 0.4) is 0 Å². The van der Waals surface area contributed by atoms with Gasteiger partial charge in [-0.05, 0) is 25.5 Å². The zero-order valence-corrected chi connectivity index (χ0v) is 10.9. The molecule has 2 heterocycles. The summed E-state index contributed by atoms with van der Waals surface area (Å²) in [6.45, 7) is 4.67. The zero-order chi connectivity index (χ0) is 13.8. The number of nitrogens with one attached hydrogen (secondary N) is 1. The van der Waals surface area contributed by atoms with Crippen LogP contribution in [0.4, 0.5) is 11.5 Å². The number of aromatic nitrogens is 2. The summed E-state index contributed by atoms with van der Waals surface area (Å²) in [6.07, 6.45) is 2.42.